The zero-order valence-corrected chi connectivity index (χ0v) is 11.4. The normalized spacial score (nSPS) is 18.8. The molecule has 2 heterocycles. The molecule has 0 saturated carbocycles. The Balaban J connectivity index is 1.76. The molecule has 1 atom stereocenters. The molecule has 0 radical (unpaired) electrons. The van der Waals surface area contributed by atoms with Gasteiger partial charge in [-0.3, -0.25) is 0 Å². The lowest BCUT2D eigenvalue weighted by Gasteiger charge is -2.20. The summed E-state index contributed by atoms with van der Waals surface area (Å²) in [5.74, 6) is 1.72. The van der Waals surface area contributed by atoms with Crippen molar-refractivity contribution < 1.29 is 4.42 Å². The van der Waals surface area contributed by atoms with E-state index >= 15 is 0 Å². The molecule has 0 fully saturated rings. The van der Waals surface area contributed by atoms with Crippen molar-refractivity contribution in [2.75, 3.05) is 13.6 Å². The second kappa shape index (κ2) is 5.24. The minimum atomic E-state index is 0.815. The van der Waals surface area contributed by atoms with Gasteiger partial charge in [0.05, 0.1) is 12.0 Å². The Morgan fingerprint density at radius 1 is 1.56 bits per heavy atom. The van der Waals surface area contributed by atoms with Gasteiger partial charge in [-0.05, 0) is 57.3 Å². The van der Waals surface area contributed by atoms with Crippen LogP contribution in [0.1, 0.15) is 23.4 Å². The van der Waals surface area contributed by atoms with Crippen LogP contribution >= 0.6 is 11.3 Å². The molecular weight excluding hydrogens is 244 g/mol. The molecule has 3 rings (SSSR count). The van der Waals surface area contributed by atoms with E-state index in [0.717, 1.165) is 29.7 Å². The molecule has 18 heavy (non-hydrogen) atoms. The lowest BCUT2D eigenvalue weighted by Crippen LogP contribution is -2.18. The third-order valence-corrected chi connectivity index (χ3v) is 4.71. The third-order valence-electron chi connectivity index (χ3n) is 3.58. The summed E-state index contributed by atoms with van der Waals surface area (Å²) in [6, 6.07) is 3.91. The maximum atomic E-state index is 5.43. The van der Waals surface area contributed by atoms with Crippen molar-refractivity contribution in [3.63, 3.8) is 0 Å². The maximum absolute atomic E-state index is 5.43. The largest absolute Gasteiger partial charge is 0.462 e. The highest BCUT2D eigenvalue weighted by Crippen LogP contribution is 2.35. The van der Waals surface area contributed by atoms with E-state index in [1.165, 1.54) is 29.8 Å². The van der Waals surface area contributed by atoms with E-state index in [1.54, 1.807) is 17.6 Å². The lowest BCUT2D eigenvalue weighted by molar-refractivity contribution is 0.422. The van der Waals surface area contributed by atoms with Crippen LogP contribution in [0.3, 0.4) is 0 Å². The molecule has 1 aliphatic carbocycles. The minimum absolute atomic E-state index is 0.815. The van der Waals surface area contributed by atoms with Gasteiger partial charge in [-0.1, -0.05) is 0 Å². The fourth-order valence-corrected chi connectivity index (χ4v) is 3.73. The number of rotatable bonds is 4. The first-order chi connectivity index (χ1) is 8.86. The number of fused-ring (bicyclic) bond motifs is 1. The molecule has 2 aromatic rings. The molecule has 1 N–H and O–H groups in total. The molecule has 0 bridgehead atoms. The summed E-state index contributed by atoms with van der Waals surface area (Å²) in [6.07, 6.45) is 6.57. The quantitative estimate of drug-likeness (QED) is 0.920. The Morgan fingerprint density at radius 3 is 3.28 bits per heavy atom. The topological polar surface area (TPSA) is 38.1 Å². The van der Waals surface area contributed by atoms with Gasteiger partial charge in [-0.2, -0.15) is 0 Å². The molecule has 3 nitrogen and oxygen atoms in total. The van der Waals surface area contributed by atoms with Crippen molar-refractivity contribution in [1.29, 1.82) is 0 Å². The van der Waals surface area contributed by atoms with Crippen LogP contribution in [0.4, 0.5) is 0 Å². The van der Waals surface area contributed by atoms with Gasteiger partial charge in [0.25, 0.3) is 0 Å². The lowest BCUT2D eigenvalue weighted by atomic mass is 9.89. The summed E-state index contributed by atoms with van der Waals surface area (Å²) >= 11 is 1.80. The van der Waals surface area contributed by atoms with Crippen molar-refractivity contribution in [1.82, 2.24) is 10.3 Å². The number of nitrogens with one attached hydrogen (secondary N) is 1. The first-order valence-electron chi connectivity index (χ1n) is 6.54. The highest BCUT2D eigenvalue weighted by molar-refractivity contribution is 7.15. The van der Waals surface area contributed by atoms with Crippen LogP contribution < -0.4 is 5.32 Å². The molecule has 0 spiro atoms. The fourth-order valence-electron chi connectivity index (χ4n) is 2.54. The number of thiazole rings is 1. The first-order valence-corrected chi connectivity index (χ1v) is 7.35. The van der Waals surface area contributed by atoms with E-state index in [0.29, 0.717) is 0 Å². The maximum Gasteiger partial charge on any atom is 0.162 e. The molecule has 0 aliphatic heterocycles. The molecule has 96 valence electrons. The highest BCUT2D eigenvalue weighted by Gasteiger charge is 2.23. The van der Waals surface area contributed by atoms with Crippen LogP contribution in [0, 0.1) is 5.92 Å². The molecule has 0 amide bonds. The number of nitrogens with zero attached hydrogens (tertiary/aromatic N) is 1. The van der Waals surface area contributed by atoms with Gasteiger partial charge in [-0.15, -0.1) is 11.3 Å². The van der Waals surface area contributed by atoms with Crippen molar-refractivity contribution in [2.24, 2.45) is 5.92 Å². The van der Waals surface area contributed by atoms with Crippen molar-refractivity contribution >= 4 is 11.3 Å². The van der Waals surface area contributed by atoms with Crippen LogP contribution in [-0.4, -0.2) is 18.6 Å². The van der Waals surface area contributed by atoms with E-state index in [-0.39, 0.29) is 0 Å². The van der Waals surface area contributed by atoms with E-state index < -0.39 is 0 Å². The summed E-state index contributed by atoms with van der Waals surface area (Å²) in [6.45, 7) is 1.11. The zero-order valence-electron chi connectivity index (χ0n) is 10.6. The average molecular weight is 262 g/mol. The Bertz CT molecular complexity index is 504. The number of furan rings is 1. The van der Waals surface area contributed by atoms with Crippen LogP contribution in [-0.2, 0) is 12.8 Å². The van der Waals surface area contributed by atoms with Crippen LogP contribution in [0.25, 0.3) is 10.8 Å². The first kappa shape index (κ1) is 11.9. The third kappa shape index (κ3) is 2.35. The van der Waals surface area contributed by atoms with Crippen LogP contribution in [0.5, 0.6) is 0 Å². The van der Waals surface area contributed by atoms with Gasteiger partial charge < -0.3 is 9.73 Å². The molecular formula is C14H18N2OS. The van der Waals surface area contributed by atoms with Crippen molar-refractivity contribution in [3.05, 3.63) is 29.0 Å². The average Bonchev–Trinajstić information content (AvgIpc) is 3.03. The Labute approximate surface area is 111 Å². The number of aryl methyl sites for hydroxylation is 1. The SMILES string of the molecule is CNCCC1CCc2nc(-c3ccco3)sc2C1. The number of aromatic nitrogens is 1. The minimum Gasteiger partial charge on any atom is -0.462 e. The number of hydrogen-bond donors (Lipinski definition) is 1. The van der Waals surface area contributed by atoms with Gasteiger partial charge in [0, 0.05) is 4.88 Å². The molecule has 0 aromatic carbocycles. The zero-order chi connectivity index (χ0) is 12.4. The van der Waals surface area contributed by atoms with Crippen LogP contribution in [0.2, 0.25) is 0 Å². The second-order valence-corrected chi connectivity index (χ2v) is 5.95. The Kier molecular flexibility index (Phi) is 3.48. The standard InChI is InChI=1S/C14H18N2OS/c1-15-7-6-10-4-5-11-13(9-10)18-14(16-11)12-3-2-8-17-12/h2-3,8,10,15H,4-7,9H2,1H3. The summed E-state index contributed by atoms with van der Waals surface area (Å²) < 4.78 is 5.43. The van der Waals surface area contributed by atoms with Crippen molar-refractivity contribution in [2.45, 2.75) is 25.7 Å². The van der Waals surface area contributed by atoms with Gasteiger partial charge in [0.15, 0.2) is 10.8 Å². The van der Waals surface area contributed by atoms with Crippen LogP contribution in [0.15, 0.2) is 22.8 Å². The molecule has 4 heteroatoms. The van der Waals surface area contributed by atoms with E-state index in [4.69, 9.17) is 9.40 Å². The predicted octanol–water partition coefficient (Wildman–Crippen LogP) is 3.12. The monoisotopic (exact) mass is 262 g/mol. The summed E-state index contributed by atoms with van der Waals surface area (Å²) in [4.78, 5) is 6.18. The van der Waals surface area contributed by atoms with Gasteiger partial charge in [-0.25, -0.2) is 4.98 Å². The summed E-state index contributed by atoms with van der Waals surface area (Å²) in [7, 11) is 2.02. The van der Waals surface area contributed by atoms with Crippen molar-refractivity contribution in [3.8, 4) is 10.8 Å². The summed E-state index contributed by atoms with van der Waals surface area (Å²) in [5.41, 5.74) is 1.30. The molecule has 2 aromatic heterocycles. The number of hydrogen-bond acceptors (Lipinski definition) is 4. The second-order valence-electron chi connectivity index (χ2n) is 4.87. The molecule has 1 unspecified atom stereocenters. The highest BCUT2D eigenvalue weighted by atomic mass is 32.1. The van der Waals surface area contributed by atoms with Gasteiger partial charge in [0.2, 0.25) is 0 Å². The Morgan fingerprint density at radius 2 is 2.50 bits per heavy atom. The van der Waals surface area contributed by atoms with E-state index in [1.807, 2.05) is 19.2 Å². The van der Waals surface area contributed by atoms with E-state index in [2.05, 4.69) is 5.32 Å². The van der Waals surface area contributed by atoms with Gasteiger partial charge >= 0.3 is 0 Å². The predicted molar refractivity (Wildman–Crippen MR) is 73.9 cm³/mol. The Hall–Kier alpha value is -1.13. The van der Waals surface area contributed by atoms with Gasteiger partial charge in [0.1, 0.15) is 0 Å². The van der Waals surface area contributed by atoms with E-state index in [9.17, 15) is 0 Å². The summed E-state index contributed by atoms with van der Waals surface area (Å²) in [5, 5.41) is 4.28. The molecule has 1 aliphatic rings. The smallest absolute Gasteiger partial charge is 0.162 e. The fraction of sp³-hybridized carbons (Fsp3) is 0.500. The molecule has 0 saturated heterocycles.